The van der Waals surface area contributed by atoms with E-state index in [-0.39, 0.29) is 0 Å². The normalized spacial score (nSPS) is 11.4. The summed E-state index contributed by atoms with van der Waals surface area (Å²) in [5.74, 6) is 0. The first-order valence-electron chi connectivity index (χ1n) is 29.4. The zero-order chi connectivity index (χ0) is 58.3. The number of nitrogens with zero attached hydrogens (tertiary/aromatic N) is 4. The van der Waals surface area contributed by atoms with E-state index in [4.69, 9.17) is 0 Å². The molecule has 0 spiro atoms. The predicted octanol–water partition coefficient (Wildman–Crippen LogP) is 25.4. The average Bonchev–Trinajstić information content (AvgIpc) is 0.885. The lowest BCUT2D eigenvalue weighted by Gasteiger charge is -2.34. The van der Waals surface area contributed by atoms with Crippen molar-refractivity contribution in [1.82, 2.24) is 0 Å². The van der Waals surface area contributed by atoms with Gasteiger partial charge in [-0.05, 0) is 129 Å². The van der Waals surface area contributed by atoms with Crippen molar-refractivity contribution in [1.29, 1.82) is 0 Å². The summed E-state index contributed by atoms with van der Waals surface area (Å²) in [5.41, 5.74) is 17.7. The Morgan fingerprint density at radius 3 is 0.580 bits per heavy atom. The molecule has 0 aliphatic carbocycles. The van der Waals surface area contributed by atoms with Crippen LogP contribution in [0.4, 0.5) is 68.2 Å². The third kappa shape index (κ3) is 9.42. The maximum Gasteiger partial charge on any atom is 0.0648 e. The van der Waals surface area contributed by atoms with Crippen LogP contribution in [0.3, 0.4) is 0 Å². The lowest BCUT2D eigenvalue weighted by atomic mass is 9.89. The quantitative estimate of drug-likeness (QED) is 0.0894. The molecule has 0 saturated carbocycles. The highest BCUT2D eigenvalue weighted by Gasteiger charge is 2.32. The molecule has 0 saturated heterocycles. The summed E-state index contributed by atoms with van der Waals surface area (Å²) in [4.78, 5) is 14.8. The smallest absolute Gasteiger partial charge is 0.0648 e. The number of thiophene rings is 4. The minimum atomic E-state index is 1.06. The van der Waals surface area contributed by atoms with E-state index in [1.54, 1.807) is 45.3 Å². The summed E-state index contributed by atoms with van der Waals surface area (Å²) in [5, 5.41) is 15.9. The fourth-order valence-corrected chi connectivity index (χ4v) is 16.3. The monoisotopic (exact) mass is 1200 g/mol. The molecule has 4 nitrogen and oxygen atoms in total. The van der Waals surface area contributed by atoms with Gasteiger partial charge in [0.2, 0.25) is 0 Å². The van der Waals surface area contributed by atoms with Crippen LogP contribution in [0.1, 0.15) is 0 Å². The largest absolute Gasteiger partial charge is 0.308 e. The molecule has 0 radical (unpaired) electrons. The molecular weight excluding hydrogens is 1150 g/mol. The van der Waals surface area contributed by atoms with Crippen LogP contribution in [-0.2, 0) is 0 Å². The summed E-state index contributed by atoms with van der Waals surface area (Å²) in [6, 6.07) is 111. The van der Waals surface area contributed by atoms with E-state index < -0.39 is 0 Å². The molecule has 0 aliphatic rings. The Labute approximate surface area is 528 Å². The van der Waals surface area contributed by atoms with Crippen LogP contribution in [0.15, 0.2) is 325 Å². The van der Waals surface area contributed by atoms with E-state index in [1.807, 2.05) is 0 Å². The summed E-state index contributed by atoms with van der Waals surface area (Å²) in [6.07, 6.45) is 0. The molecule has 0 bridgehead atoms. The van der Waals surface area contributed by atoms with Crippen LogP contribution in [0.2, 0.25) is 0 Å². The van der Waals surface area contributed by atoms with Crippen molar-refractivity contribution >= 4 is 146 Å². The second-order valence-electron chi connectivity index (χ2n) is 21.6. The Morgan fingerprint density at radius 1 is 0.182 bits per heavy atom. The maximum absolute atomic E-state index is 2.52. The van der Waals surface area contributed by atoms with Crippen LogP contribution in [0, 0.1) is 0 Å². The second-order valence-corrected chi connectivity index (χ2v) is 25.3. The van der Waals surface area contributed by atoms with Gasteiger partial charge in [0.1, 0.15) is 0 Å². The van der Waals surface area contributed by atoms with Crippen molar-refractivity contribution in [3.8, 4) is 41.8 Å². The average molecular weight is 1200 g/mol. The molecule has 88 heavy (non-hydrogen) atoms. The van der Waals surface area contributed by atoms with Crippen LogP contribution in [0.5, 0.6) is 0 Å². The van der Waals surface area contributed by atoms with Crippen molar-refractivity contribution < 1.29 is 0 Å². The summed E-state index contributed by atoms with van der Waals surface area (Å²) < 4.78 is 0. The van der Waals surface area contributed by atoms with Crippen LogP contribution in [-0.4, -0.2) is 0 Å². The molecule has 0 unspecified atom stereocenters. The molecule has 16 rings (SSSR count). The second kappa shape index (κ2) is 23.2. The van der Waals surface area contributed by atoms with E-state index in [0.717, 1.165) is 89.8 Å². The molecule has 12 aromatic carbocycles. The topological polar surface area (TPSA) is 13.0 Å². The zero-order valence-electron chi connectivity index (χ0n) is 47.6. The molecule has 16 aromatic rings. The molecule has 418 valence electrons. The molecule has 4 aromatic heterocycles. The molecule has 0 aliphatic heterocycles. The predicted molar refractivity (Wildman–Crippen MR) is 382 cm³/mol. The molecule has 0 fully saturated rings. The number of para-hydroxylation sites is 4. The Bertz CT molecular complexity index is 4400. The lowest BCUT2D eigenvalue weighted by molar-refractivity contribution is 1.28. The van der Waals surface area contributed by atoms with Crippen LogP contribution in [0.25, 0.3) is 74.1 Å². The minimum Gasteiger partial charge on any atom is -0.308 e. The van der Waals surface area contributed by atoms with Gasteiger partial charge in [0.25, 0.3) is 0 Å². The Balaban J connectivity index is 1.09. The molecule has 4 heterocycles. The Hall–Kier alpha value is -10.3. The summed E-state index contributed by atoms with van der Waals surface area (Å²) in [7, 11) is 0. The third-order valence-corrected chi connectivity index (χ3v) is 20.3. The van der Waals surface area contributed by atoms with E-state index in [0.29, 0.717) is 0 Å². The highest BCUT2D eigenvalue weighted by Crippen LogP contribution is 2.58. The lowest BCUT2D eigenvalue weighted by Crippen LogP contribution is -2.16. The summed E-state index contributed by atoms with van der Waals surface area (Å²) >= 11 is 7.12. The zero-order valence-corrected chi connectivity index (χ0v) is 50.9. The maximum atomic E-state index is 2.52. The Kier molecular flexibility index (Phi) is 14.0. The van der Waals surface area contributed by atoms with Gasteiger partial charge in [-0.25, -0.2) is 0 Å². The van der Waals surface area contributed by atoms with E-state index in [9.17, 15) is 0 Å². The Morgan fingerprint density at radius 2 is 0.375 bits per heavy atom. The van der Waals surface area contributed by atoms with Gasteiger partial charge in [-0.3, -0.25) is 0 Å². The number of hydrogen-bond acceptors (Lipinski definition) is 8. The van der Waals surface area contributed by atoms with E-state index >= 15 is 0 Å². The SMILES string of the molecule is c1ccc(-c2sccc2N(c2ccccc2)c2cc(N(c3ccccc3)c3ccsc3-c3ccccc3)c3ccc4c(N(c5ccccc5)c5ccsc5-c5ccccc5)cc(N(c5ccccc5)c5ccsc5-c5ccccc5)c5ccc2c3c54)cc1. The highest BCUT2D eigenvalue weighted by atomic mass is 32.1. The first kappa shape index (κ1) is 53.2. The van der Waals surface area contributed by atoms with Crippen LogP contribution < -0.4 is 19.6 Å². The van der Waals surface area contributed by atoms with Crippen molar-refractivity contribution in [2.45, 2.75) is 0 Å². The fraction of sp³-hybridized carbons (Fsp3) is 0. The van der Waals surface area contributed by atoms with E-state index in [2.05, 4.69) is 344 Å². The highest BCUT2D eigenvalue weighted by molar-refractivity contribution is 7.15. The van der Waals surface area contributed by atoms with Gasteiger partial charge in [0.15, 0.2) is 0 Å². The van der Waals surface area contributed by atoms with Crippen molar-refractivity contribution in [2.75, 3.05) is 19.6 Å². The standard InChI is InChI=1S/C80H54N4S4/c1-9-25-55(26-10-1)77-67(45-49-85-77)81(59-33-17-5-18-34-59)71-53-72(82(60-35-19-6-20-36-60)68-46-50-86-78(68)56-27-11-2-12-28-56)64-43-44-66-74(84(62-39-23-8-24-40-62)70-48-52-88-80(70)58-31-15-4-16-32-58)54-73(65-42-41-63(71)75(64)76(65)66)83(61-37-21-7-22-38-61)69-47-51-87-79(69)57-29-13-3-14-30-57/h1-54H. The molecule has 0 N–H and O–H groups in total. The van der Waals surface area contributed by atoms with Crippen molar-refractivity contribution in [2.24, 2.45) is 0 Å². The fourth-order valence-electron chi connectivity index (χ4n) is 12.7. The molecule has 8 heteroatoms. The van der Waals surface area contributed by atoms with Crippen LogP contribution >= 0.6 is 45.3 Å². The minimum absolute atomic E-state index is 1.06. The molecule has 0 amide bonds. The van der Waals surface area contributed by atoms with Gasteiger partial charge < -0.3 is 19.6 Å². The van der Waals surface area contributed by atoms with Gasteiger partial charge in [-0.1, -0.05) is 218 Å². The first-order chi connectivity index (χ1) is 43.7. The number of benzene rings is 12. The van der Waals surface area contributed by atoms with Gasteiger partial charge in [-0.2, -0.15) is 0 Å². The third-order valence-electron chi connectivity index (χ3n) is 16.5. The van der Waals surface area contributed by atoms with Gasteiger partial charge >= 0.3 is 0 Å². The van der Waals surface area contributed by atoms with Gasteiger partial charge in [0, 0.05) is 55.1 Å². The summed E-state index contributed by atoms with van der Waals surface area (Å²) in [6.45, 7) is 0. The van der Waals surface area contributed by atoms with Gasteiger partial charge in [0.05, 0.1) is 65.0 Å². The number of rotatable bonds is 16. The molecular formula is C80H54N4S4. The number of hydrogen-bond donors (Lipinski definition) is 0. The first-order valence-corrected chi connectivity index (χ1v) is 33.0. The van der Waals surface area contributed by atoms with Crippen molar-refractivity contribution in [3.63, 3.8) is 0 Å². The number of anilines is 12. The van der Waals surface area contributed by atoms with E-state index in [1.165, 1.54) is 52.5 Å². The molecule has 0 atom stereocenters. The van der Waals surface area contributed by atoms with Crippen molar-refractivity contribution in [3.05, 3.63) is 325 Å². The van der Waals surface area contributed by atoms with Gasteiger partial charge in [-0.15, -0.1) is 45.3 Å².